The van der Waals surface area contributed by atoms with Gasteiger partial charge in [0, 0.05) is 4.90 Å². The first-order chi connectivity index (χ1) is 6.59. The maximum atomic E-state index is 11.2. The van der Waals surface area contributed by atoms with E-state index < -0.39 is 0 Å². The molecule has 0 heterocycles. The van der Waals surface area contributed by atoms with E-state index in [1.807, 2.05) is 6.07 Å². The van der Waals surface area contributed by atoms with Gasteiger partial charge in [-0.3, -0.25) is 9.59 Å². The second kappa shape index (κ2) is 4.81. The summed E-state index contributed by atoms with van der Waals surface area (Å²) in [5, 5.41) is 2.61. The van der Waals surface area contributed by atoms with E-state index in [0.29, 0.717) is 10.6 Å². The highest BCUT2D eigenvalue weighted by molar-refractivity contribution is 7.80. The molecule has 0 bridgehead atoms. The molecule has 1 N–H and O–H groups in total. The topological polar surface area (TPSA) is 46.2 Å². The van der Waals surface area contributed by atoms with Crippen molar-refractivity contribution >= 4 is 30.0 Å². The average molecular weight is 209 g/mol. The van der Waals surface area contributed by atoms with Gasteiger partial charge in [-0.1, -0.05) is 12.1 Å². The molecule has 0 atom stereocenters. The number of nitrogens with one attached hydrogen (secondary N) is 1. The van der Waals surface area contributed by atoms with E-state index in [-0.39, 0.29) is 18.1 Å². The van der Waals surface area contributed by atoms with Crippen LogP contribution >= 0.6 is 12.6 Å². The van der Waals surface area contributed by atoms with Crippen LogP contribution in [-0.4, -0.2) is 11.7 Å². The molecule has 0 spiro atoms. The fraction of sp³-hybridized carbons (Fsp3) is 0.200. The summed E-state index contributed by atoms with van der Waals surface area (Å²) < 4.78 is 0. The highest BCUT2D eigenvalue weighted by Gasteiger charge is 2.06. The average Bonchev–Trinajstić information content (AvgIpc) is 2.07. The molecule has 0 fully saturated rings. The van der Waals surface area contributed by atoms with Crippen LogP contribution in [0.1, 0.15) is 13.3 Å². The molecule has 0 aliphatic carbocycles. The molecule has 0 saturated heterocycles. The van der Waals surface area contributed by atoms with E-state index in [2.05, 4.69) is 17.9 Å². The quantitative estimate of drug-likeness (QED) is 0.590. The number of rotatable bonds is 3. The third-order valence-corrected chi connectivity index (χ3v) is 1.98. The summed E-state index contributed by atoms with van der Waals surface area (Å²) in [6.07, 6.45) is -0.0951. The van der Waals surface area contributed by atoms with E-state index in [4.69, 9.17) is 0 Å². The maximum absolute atomic E-state index is 11.2. The van der Waals surface area contributed by atoms with Gasteiger partial charge in [0.15, 0.2) is 0 Å². The summed E-state index contributed by atoms with van der Waals surface area (Å²) in [5.74, 6) is -0.460. The van der Waals surface area contributed by atoms with Crippen LogP contribution in [0.15, 0.2) is 29.2 Å². The number of hydrogen-bond acceptors (Lipinski definition) is 3. The lowest BCUT2D eigenvalue weighted by Gasteiger charge is -2.05. The number of hydrogen-bond donors (Lipinski definition) is 2. The lowest BCUT2D eigenvalue weighted by atomic mass is 10.2. The molecular formula is C10H11NO2S. The van der Waals surface area contributed by atoms with E-state index in [1.54, 1.807) is 18.2 Å². The number of amides is 1. The Morgan fingerprint density at radius 1 is 1.36 bits per heavy atom. The Hall–Kier alpha value is -1.29. The number of carbonyl (C=O) groups is 2. The normalized spacial score (nSPS) is 9.57. The fourth-order valence-electron chi connectivity index (χ4n) is 1.000. The minimum atomic E-state index is -0.306. The monoisotopic (exact) mass is 209 g/mol. The molecule has 1 aromatic rings. The Balaban J connectivity index is 2.65. The van der Waals surface area contributed by atoms with Crippen LogP contribution in [0.5, 0.6) is 0 Å². The number of para-hydroxylation sites is 1. The molecule has 0 aliphatic rings. The second-order valence-corrected chi connectivity index (χ2v) is 3.43. The Kier molecular flexibility index (Phi) is 3.71. The van der Waals surface area contributed by atoms with Crippen LogP contribution in [0.4, 0.5) is 5.69 Å². The summed E-state index contributed by atoms with van der Waals surface area (Å²) in [4.78, 5) is 22.5. The van der Waals surface area contributed by atoms with Crippen LogP contribution in [0.3, 0.4) is 0 Å². The van der Waals surface area contributed by atoms with Gasteiger partial charge in [0.1, 0.15) is 5.78 Å². The van der Waals surface area contributed by atoms with Crippen molar-refractivity contribution in [2.24, 2.45) is 0 Å². The van der Waals surface area contributed by atoms with Crippen molar-refractivity contribution in [3.63, 3.8) is 0 Å². The van der Waals surface area contributed by atoms with Crippen molar-refractivity contribution in [3.8, 4) is 0 Å². The summed E-state index contributed by atoms with van der Waals surface area (Å²) >= 11 is 4.16. The fourth-order valence-corrected chi connectivity index (χ4v) is 1.22. The van der Waals surface area contributed by atoms with Crippen molar-refractivity contribution in [1.82, 2.24) is 0 Å². The lowest BCUT2D eigenvalue weighted by molar-refractivity contribution is -0.124. The van der Waals surface area contributed by atoms with Crippen LogP contribution in [0, 0.1) is 0 Å². The summed E-state index contributed by atoms with van der Waals surface area (Å²) in [7, 11) is 0. The molecule has 1 rings (SSSR count). The molecule has 1 amide bonds. The predicted molar refractivity (Wildman–Crippen MR) is 57.6 cm³/mol. The van der Waals surface area contributed by atoms with Gasteiger partial charge in [-0.25, -0.2) is 0 Å². The van der Waals surface area contributed by atoms with E-state index in [1.165, 1.54) is 6.92 Å². The van der Waals surface area contributed by atoms with E-state index >= 15 is 0 Å². The molecule has 0 radical (unpaired) electrons. The minimum absolute atomic E-state index is 0.0951. The standard InChI is InChI=1S/C10H11NO2S/c1-7(12)6-10(13)11-8-4-2-3-5-9(8)14/h2-5,14H,6H2,1H3,(H,11,13). The van der Waals surface area contributed by atoms with Crippen LogP contribution < -0.4 is 5.32 Å². The molecule has 0 aliphatic heterocycles. The van der Waals surface area contributed by atoms with Crippen molar-refractivity contribution in [3.05, 3.63) is 24.3 Å². The van der Waals surface area contributed by atoms with Crippen LogP contribution in [-0.2, 0) is 9.59 Å². The number of carbonyl (C=O) groups excluding carboxylic acids is 2. The summed E-state index contributed by atoms with van der Waals surface area (Å²) in [6, 6.07) is 7.12. The zero-order valence-electron chi connectivity index (χ0n) is 7.78. The van der Waals surface area contributed by atoms with Gasteiger partial charge >= 0.3 is 0 Å². The molecule has 0 saturated carbocycles. The first kappa shape index (κ1) is 10.8. The molecule has 0 aromatic heterocycles. The minimum Gasteiger partial charge on any atom is -0.325 e. The smallest absolute Gasteiger partial charge is 0.231 e. The van der Waals surface area contributed by atoms with Gasteiger partial charge in [0.05, 0.1) is 12.1 Å². The summed E-state index contributed by atoms with van der Waals surface area (Å²) in [6.45, 7) is 1.38. The number of ketones is 1. The molecule has 1 aromatic carbocycles. The zero-order valence-corrected chi connectivity index (χ0v) is 8.67. The zero-order chi connectivity index (χ0) is 10.6. The van der Waals surface area contributed by atoms with Gasteiger partial charge in [0.2, 0.25) is 5.91 Å². The van der Waals surface area contributed by atoms with Crippen molar-refractivity contribution < 1.29 is 9.59 Å². The second-order valence-electron chi connectivity index (χ2n) is 2.94. The molecule has 3 nitrogen and oxygen atoms in total. The first-order valence-electron chi connectivity index (χ1n) is 4.17. The largest absolute Gasteiger partial charge is 0.325 e. The van der Waals surface area contributed by atoms with Crippen molar-refractivity contribution in [2.45, 2.75) is 18.2 Å². The third-order valence-electron chi connectivity index (χ3n) is 1.59. The summed E-state index contributed by atoms with van der Waals surface area (Å²) in [5.41, 5.74) is 0.627. The number of thiol groups is 1. The van der Waals surface area contributed by atoms with Crippen LogP contribution in [0.25, 0.3) is 0 Å². The molecular weight excluding hydrogens is 198 g/mol. The highest BCUT2D eigenvalue weighted by atomic mass is 32.1. The van der Waals surface area contributed by atoms with E-state index in [9.17, 15) is 9.59 Å². The number of benzene rings is 1. The first-order valence-corrected chi connectivity index (χ1v) is 4.61. The maximum Gasteiger partial charge on any atom is 0.231 e. The van der Waals surface area contributed by atoms with Gasteiger partial charge in [-0.2, -0.15) is 0 Å². The van der Waals surface area contributed by atoms with Gasteiger partial charge in [-0.15, -0.1) is 12.6 Å². The number of anilines is 1. The third kappa shape index (κ3) is 3.22. The Morgan fingerprint density at radius 3 is 2.57 bits per heavy atom. The van der Waals surface area contributed by atoms with Crippen LogP contribution in [0.2, 0.25) is 0 Å². The van der Waals surface area contributed by atoms with E-state index in [0.717, 1.165) is 0 Å². The number of Topliss-reactive ketones (excluding diaryl/α,β-unsaturated/α-hetero) is 1. The molecule has 4 heteroatoms. The lowest BCUT2D eigenvalue weighted by Crippen LogP contribution is -2.14. The SMILES string of the molecule is CC(=O)CC(=O)Nc1ccccc1S. The Labute approximate surface area is 87.9 Å². The Bertz CT molecular complexity index is 363. The predicted octanol–water partition coefficient (Wildman–Crippen LogP) is 1.89. The van der Waals surface area contributed by atoms with Gasteiger partial charge in [0.25, 0.3) is 0 Å². The van der Waals surface area contributed by atoms with Gasteiger partial charge in [-0.05, 0) is 19.1 Å². The van der Waals surface area contributed by atoms with Gasteiger partial charge < -0.3 is 5.32 Å². The molecule has 74 valence electrons. The van der Waals surface area contributed by atoms with Crippen molar-refractivity contribution in [2.75, 3.05) is 5.32 Å². The molecule has 14 heavy (non-hydrogen) atoms. The highest BCUT2D eigenvalue weighted by Crippen LogP contribution is 2.18. The van der Waals surface area contributed by atoms with Crippen molar-refractivity contribution in [1.29, 1.82) is 0 Å². The molecule has 0 unspecified atom stereocenters. The Morgan fingerprint density at radius 2 is 2.00 bits per heavy atom.